The molecule has 1 N–H and O–H groups in total. The Morgan fingerprint density at radius 2 is 1.54 bits per heavy atom. The van der Waals surface area contributed by atoms with E-state index in [1.54, 1.807) is 9.80 Å². The minimum absolute atomic E-state index is 0.164. The molecule has 9 heteroatoms. The zero-order valence-corrected chi connectivity index (χ0v) is 15.1. The lowest BCUT2D eigenvalue weighted by atomic mass is 10.3. The molecule has 0 atom stereocenters. The summed E-state index contributed by atoms with van der Waals surface area (Å²) in [5, 5.41) is 2.78. The Hall–Kier alpha value is -3.36. The normalized spacial score (nSPS) is 10.6. The number of para-hydroxylation sites is 2. The van der Waals surface area contributed by atoms with Gasteiger partial charge in [-0.25, -0.2) is 4.98 Å². The summed E-state index contributed by atoms with van der Waals surface area (Å²) in [7, 11) is 7.40. The first kappa shape index (κ1) is 17.5. The van der Waals surface area contributed by atoms with Gasteiger partial charge in [-0.15, -0.1) is 0 Å². The summed E-state index contributed by atoms with van der Waals surface area (Å²) in [6.07, 6.45) is 1.46. The molecule has 0 spiro atoms. The van der Waals surface area contributed by atoms with Crippen LogP contribution >= 0.6 is 0 Å². The van der Waals surface area contributed by atoms with E-state index >= 15 is 0 Å². The Morgan fingerprint density at radius 1 is 0.923 bits per heavy atom. The van der Waals surface area contributed by atoms with Crippen molar-refractivity contribution in [2.45, 2.75) is 6.54 Å². The minimum Gasteiger partial charge on any atom is -0.347 e. The minimum atomic E-state index is -0.332. The van der Waals surface area contributed by atoms with Crippen LogP contribution in [0.15, 0.2) is 30.5 Å². The first-order chi connectivity index (χ1) is 12.4. The molecule has 0 saturated carbocycles. The Bertz CT molecular complexity index is 915. The molecule has 3 rings (SSSR count). The monoisotopic (exact) mass is 352 g/mol. The quantitative estimate of drug-likeness (QED) is 0.722. The highest BCUT2D eigenvalue weighted by Crippen LogP contribution is 2.11. The van der Waals surface area contributed by atoms with Gasteiger partial charge in [0.25, 0.3) is 5.91 Å². The van der Waals surface area contributed by atoms with E-state index in [-0.39, 0.29) is 18.1 Å². The molecule has 0 bridgehead atoms. The van der Waals surface area contributed by atoms with E-state index < -0.39 is 0 Å². The first-order valence-electron chi connectivity index (χ1n) is 8.03. The zero-order chi connectivity index (χ0) is 18.7. The summed E-state index contributed by atoms with van der Waals surface area (Å²) in [4.78, 5) is 37.6. The molecule has 26 heavy (non-hydrogen) atoms. The number of hydrogen-bond donors (Lipinski definition) is 1. The average molecular weight is 352 g/mol. The molecule has 0 unspecified atom stereocenters. The molecule has 1 amide bonds. The predicted octanol–water partition coefficient (Wildman–Crippen LogP) is 0.877. The fourth-order valence-corrected chi connectivity index (χ4v) is 2.19. The van der Waals surface area contributed by atoms with Crippen LogP contribution in [0, 0.1) is 0 Å². The second-order valence-corrected chi connectivity index (χ2v) is 6.07. The Morgan fingerprint density at radius 3 is 2.15 bits per heavy atom. The molecule has 1 aromatic carbocycles. The molecule has 0 aliphatic carbocycles. The van der Waals surface area contributed by atoms with Crippen LogP contribution in [-0.2, 0) is 6.54 Å². The van der Waals surface area contributed by atoms with Crippen LogP contribution in [0.1, 0.15) is 16.3 Å². The van der Waals surface area contributed by atoms with Crippen molar-refractivity contribution in [3.8, 4) is 0 Å². The van der Waals surface area contributed by atoms with Crippen molar-refractivity contribution in [2.75, 3.05) is 38.0 Å². The fourth-order valence-electron chi connectivity index (χ4n) is 2.19. The van der Waals surface area contributed by atoms with Gasteiger partial charge in [0.1, 0.15) is 5.69 Å². The van der Waals surface area contributed by atoms with Crippen molar-refractivity contribution in [3.05, 3.63) is 42.0 Å². The van der Waals surface area contributed by atoms with E-state index in [4.69, 9.17) is 0 Å². The van der Waals surface area contributed by atoms with Crippen LogP contribution in [0.2, 0.25) is 0 Å². The molecule has 0 fully saturated rings. The molecule has 134 valence electrons. The lowest BCUT2D eigenvalue weighted by Crippen LogP contribution is -2.27. The number of amides is 1. The van der Waals surface area contributed by atoms with Gasteiger partial charge in [-0.05, 0) is 12.1 Å². The average Bonchev–Trinajstić information content (AvgIpc) is 2.65. The summed E-state index contributed by atoms with van der Waals surface area (Å²) >= 11 is 0. The zero-order valence-electron chi connectivity index (χ0n) is 15.1. The smallest absolute Gasteiger partial charge is 0.271 e. The molecule has 0 aliphatic rings. The van der Waals surface area contributed by atoms with Gasteiger partial charge in [-0.3, -0.25) is 9.78 Å². The van der Waals surface area contributed by atoms with Crippen LogP contribution in [0.3, 0.4) is 0 Å². The largest absolute Gasteiger partial charge is 0.347 e. The van der Waals surface area contributed by atoms with Crippen LogP contribution in [-0.4, -0.2) is 59.0 Å². The molecule has 0 radical (unpaired) electrons. The van der Waals surface area contributed by atoms with Crippen molar-refractivity contribution in [3.63, 3.8) is 0 Å². The summed E-state index contributed by atoms with van der Waals surface area (Å²) in [5.74, 6) is 1.19. The summed E-state index contributed by atoms with van der Waals surface area (Å²) in [6, 6.07) is 7.40. The topological polar surface area (TPSA) is 100 Å². The third kappa shape index (κ3) is 3.82. The molecule has 2 heterocycles. The number of anilines is 2. The highest BCUT2D eigenvalue weighted by Gasteiger charge is 2.13. The van der Waals surface area contributed by atoms with Gasteiger partial charge in [0.15, 0.2) is 5.82 Å². The van der Waals surface area contributed by atoms with Crippen molar-refractivity contribution < 1.29 is 4.79 Å². The van der Waals surface area contributed by atoms with Gasteiger partial charge in [-0.2, -0.15) is 15.0 Å². The van der Waals surface area contributed by atoms with Crippen LogP contribution in [0.4, 0.5) is 11.9 Å². The third-order valence-corrected chi connectivity index (χ3v) is 3.55. The molecular formula is C17H20N8O. The van der Waals surface area contributed by atoms with E-state index in [1.807, 2.05) is 52.5 Å². The molecule has 2 aromatic heterocycles. The lowest BCUT2D eigenvalue weighted by molar-refractivity contribution is 0.0945. The number of nitrogens with one attached hydrogen (secondary N) is 1. The maximum Gasteiger partial charge on any atom is 0.271 e. The van der Waals surface area contributed by atoms with E-state index in [9.17, 15) is 4.79 Å². The van der Waals surface area contributed by atoms with E-state index in [0.717, 1.165) is 5.52 Å². The van der Waals surface area contributed by atoms with Crippen molar-refractivity contribution >= 4 is 28.8 Å². The summed E-state index contributed by atoms with van der Waals surface area (Å²) < 4.78 is 0. The van der Waals surface area contributed by atoms with Crippen LogP contribution < -0.4 is 15.1 Å². The standard InChI is InChI=1S/C17H20N8O/c1-24(2)16-21-14(22-17(23-16)25(3)4)10-19-15(26)13-9-18-11-7-5-6-8-12(11)20-13/h5-9H,10H2,1-4H3,(H,19,26). The number of aromatic nitrogens is 5. The Balaban J connectivity index is 1.77. The molecular weight excluding hydrogens is 332 g/mol. The van der Waals surface area contributed by atoms with Gasteiger partial charge >= 0.3 is 0 Å². The lowest BCUT2D eigenvalue weighted by Gasteiger charge is -2.16. The molecule has 9 nitrogen and oxygen atoms in total. The fraction of sp³-hybridized carbons (Fsp3) is 0.294. The highest BCUT2D eigenvalue weighted by atomic mass is 16.1. The molecule has 0 aliphatic heterocycles. The van der Waals surface area contributed by atoms with E-state index in [2.05, 4.69) is 30.2 Å². The number of carbonyl (C=O) groups is 1. The van der Waals surface area contributed by atoms with Gasteiger partial charge in [0.2, 0.25) is 11.9 Å². The highest BCUT2D eigenvalue weighted by molar-refractivity contribution is 5.93. The number of rotatable bonds is 5. The van der Waals surface area contributed by atoms with Crippen molar-refractivity contribution in [1.29, 1.82) is 0 Å². The molecule has 3 aromatic rings. The number of fused-ring (bicyclic) bond motifs is 1. The third-order valence-electron chi connectivity index (χ3n) is 3.55. The van der Waals surface area contributed by atoms with Crippen LogP contribution in [0.5, 0.6) is 0 Å². The predicted molar refractivity (Wildman–Crippen MR) is 99.2 cm³/mol. The molecule has 0 saturated heterocycles. The maximum atomic E-state index is 12.4. The van der Waals surface area contributed by atoms with Gasteiger partial charge in [-0.1, -0.05) is 12.1 Å². The number of carbonyl (C=O) groups excluding carboxylic acids is 1. The van der Waals surface area contributed by atoms with Gasteiger partial charge in [0, 0.05) is 28.2 Å². The van der Waals surface area contributed by atoms with E-state index in [1.165, 1.54) is 6.20 Å². The second kappa shape index (κ2) is 7.26. The van der Waals surface area contributed by atoms with E-state index in [0.29, 0.717) is 23.2 Å². The number of hydrogen-bond acceptors (Lipinski definition) is 8. The summed E-state index contributed by atoms with van der Waals surface area (Å²) in [6.45, 7) is 0.164. The first-order valence-corrected chi connectivity index (χ1v) is 8.03. The number of nitrogens with zero attached hydrogens (tertiary/aromatic N) is 7. The Kier molecular flexibility index (Phi) is 4.87. The van der Waals surface area contributed by atoms with Crippen molar-refractivity contribution in [1.82, 2.24) is 30.2 Å². The van der Waals surface area contributed by atoms with Gasteiger partial charge < -0.3 is 15.1 Å². The Labute approximate surface area is 151 Å². The summed E-state index contributed by atoms with van der Waals surface area (Å²) in [5.41, 5.74) is 1.66. The second-order valence-electron chi connectivity index (χ2n) is 6.07. The number of benzene rings is 1. The van der Waals surface area contributed by atoms with Crippen molar-refractivity contribution in [2.24, 2.45) is 0 Å². The van der Waals surface area contributed by atoms with Gasteiger partial charge in [0.05, 0.1) is 23.8 Å². The van der Waals surface area contributed by atoms with Crippen LogP contribution in [0.25, 0.3) is 11.0 Å². The SMILES string of the molecule is CN(C)c1nc(CNC(=O)c2cnc3ccccc3n2)nc(N(C)C)n1. The maximum absolute atomic E-state index is 12.4.